The third kappa shape index (κ3) is 9.71. The van der Waals surface area contributed by atoms with E-state index in [-0.39, 0.29) is 30.0 Å². The zero-order valence-electron chi connectivity index (χ0n) is 36.6. The van der Waals surface area contributed by atoms with Gasteiger partial charge in [-0.25, -0.2) is 0 Å². The molecule has 5 aromatic rings. The number of aromatic nitrogens is 1. The number of phenolic OH excluding ortho intramolecular Hbond substituents is 2. The number of nitrogens with zero attached hydrogens (tertiary/aromatic N) is 1. The Morgan fingerprint density at radius 3 is 2.67 bits per heavy atom. The van der Waals surface area contributed by atoms with Crippen LogP contribution in [0.5, 0.6) is 17.2 Å². The molecule has 5 N–H and O–H groups in total. The molecule has 1 aromatic heterocycles. The van der Waals surface area contributed by atoms with Crippen LogP contribution in [-0.4, -0.2) is 71.9 Å². The van der Waals surface area contributed by atoms with E-state index in [4.69, 9.17) is 18.9 Å². The summed E-state index contributed by atoms with van der Waals surface area (Å²) >= 11 is 0. The molecule has 1 fully saturated rings. The first-order chi connectivity index (χ1) is 30.9. The van der Waals surface area contributed by atoms with Crippen LogP contribution in [0.3, 0.4) is 0 Å². The summed E-state index contributed by atoms with van der Waals surface area (Å²) in [6.07, 6.45) is 18.7. The van der Waals surface area contributed by atoms with Crippen LogP contribution in [0.4, 0.5) is 0 Å². The number of aryl methyl sites for hydroxylation is 3. The van der Waals surface area contributed by atoms with Crippen molar-refractivity contribution in [3.05, 3.63) is 142 Å². The van der Waals surface area contributed by atoms with Crippen LogP contribution in [0.2, 0.25) is 0 Å². The lowest BCUT2D eigenvalue weighted by atomic mass is 9.57. The molecule has 10 heteroatoms. The molecular weight excluding hydrogens is 791 g/mol. The van der Waals surface area contributed by atoms with Crippen LogP contribution in [-0.2, 0) is 45.5 Å². The summed E-state index contributed by atoms with van der Waals surface area (Å²) in [7, 11) is 1.68. The summed E-state index contributed by atoms with van der Waals surface area (Å²) in [5.41, 5.74) is 8.22. The minimum Gasteiger partial charge on any atom is -0.508 e. The van der Waals surface area contributed by atoms with E-state index in [9.17, 15) is 15.3 Å². The van der Waals surface area contributed by atoms with Gasteiger partial charge in [-0.2, -0.15) is 0 Å². The molecule has 4 aromatic carbocycles. The second-order valence-electron chi connectivity index (χ2n) is 18.1. The third-order valence-electron chi connectivity index (χ3n) is 13.9. The number of fused-ring (bicyclic) bond motifs is 7. The van der Waals surface area contributed by atoms with Gasteiger partial charge in [0, 0.05) is 47.9 Å². The number of methoxy groups -OCH3 is 1. The largest absolute Gasteiger partial charge is 0.508 e. The predicted octanol–water partition coefficient (Wildman–Crippen LogP) is 9.02. The molecule has 5 unspecified atom stereocenters. The number of hydrogen-bond acceptors (Lipinski definition) is 9. The Hall–Kier alpha value is -5.10. The summed E-state index contributed by atoms with van der Waals surface area (Å²) in [6.45, 7) is 2.48. The standard InChI is InChI=1S/C53H63N3O7/c1-60-35-54-51-23-17-39-32-62-46(10-5-3-2-4-8-36-12-19-44(57)20-13-36)29-45(58)21-14-37-15-22-49(59)50(26-37)63-33-41-28-43(27-40-30-56(31-47(40)41)52(39)55-51)53-24-25-61-34-42(53)18-16-38-9-6-7-11-48(38)53/h6-7,9,11-13,15,17,19-20,22-23,26-28,30-31,42,45-46,51,54-55,57-59H,2-5,8,10,14,16,18,21,24-25,29,32-35H2,1H3. The van der Waals surface area contributed by atoms with Crippen molar-refractivity contribution in [3.8, 4) is 17.2 Å². The Balaban J connectivity index is 1.07. The number of aromatic hydroxyl groups is 2. The van der Waals surface area contributed by atoms with Gasteiger partial charge < -0.3 is 44.2 Å². The van der Waals surface area contributed by atoms with E-state index in [0.29, 0.717) is 56.6 Å². The van der Waals surface area contributed by atoms with E-state index in [2.05, 4.69) is 76.1 Å². The lowest BCUT2D eigenvalue weighted by molar-refractivity contribution is 0.00498. The SMILES string of the molecule is COCNC1C=CC2=C(N1)n1cc3cc(C45CCOCC4CCc4ccccc45)cc(c3c1)COc1cc(ccc1O)CCC(O)CC(CCCCCCc1ccc(O)cc1)OC2. The summed E-state index contributed by atoms with van der Waals surface area (Å²) in [6, 6.07) is 26.8. The minimum absolute atomic E-state index is 0.0992. The molecule has 4 heterocycles. The second kappa shape index (κ2) is 19.7. The van der Waals surface area contributed by atoms with Gasteiger partial charge in [-0.3, -0.25) is 5.32 Å². The quantitative estimate of drug-likeness (QED) is 0.0654. The summed E-state index contributed by atoms with van der Waals surface area (Å²) < 4.78 is 27.2. The van der Waals surface area contributed by atoms with Crippen molar-refractivity contribution in [1.29, 1.82) is 0 Å². The first-order valence-electron chi connectivity index (χ1n) is 23.1. The number of unbranched alkanes of at least 4 members (excludes halogenated alkanes) is 3. The molecule has 0 amide bonds. The average molecular weight is 854 g/mol. The fourth-order valence-electron chi connectivity index (χ4n) is 10.5. The Labute approximate surface area is 371 Å². The molecule has 63 heavy (non-hydrogen) atoms. The van der Waals surface area contributed by atoms with E-state index in [0.717, 1.165) is 97.7 Å². The Morgan fingerprint density at radius 2 is 1.78 bits per heavy atom. The van der Waals surface area contributed by atoms with E-state index in [1.807, 2.05) is 24.3 Å². The van der Waals surface area contributed by atoms with Gasteiger partial charge in [0.05, 0.1) is 38.3 Å². The maximum absolute atomic E-state index is 11.5. The van der Waals surface area contributed by atoms with Crippen molar-refractivity contribution < 1.29 is 34.3 Å². The summed E-state index contributed by atoms with van der Waals surface area (Å²) in [4.78, 5) is 0. The molecule has 3 aliphatic heterocycles. The van der Waals surface area contributed by atoms with Crippen LogP contribution in [0.25, 0.3) is 16.6 Å². The van der Waals surface area contributed by atoms with Gasteiger partial charge in [0.2, 0.25) is 0 Å². The molecule has 4 aliphatic rings. The van der Waals surface area contributed by atoms with Crippen molar-refractivity contribution in [2.24, 2.45) is 5.92 Å². The van der Waals surface area contributed by atoms with Gasteiger partial charge >= 0.3 is 0 Å². The summed E-state index contributed by atoms with van der Waals surface area (Å²) in [5.74, 6) is 2.10. The van der Waals surface area contributed by atoms with Crippen molar-refractivity contribution in [1.82, 2.24) is 15.2 Å². The Morgan fingerprint density at radius 1 is 0.905 bits per heavy atom. The number of phenols is 2. The monoisotopic (exact) mass is 853 g/mol. The lowest BCUT2D eigenvalue weighted by Crippen LogP contribution is -2.47. The Kier molecular flexibility index (Phi) is 13.5. The molecule has 0 saturated carbocycles. The molecule has 9 rings (SSSR count). The first-order valence-corrected chi connectivity index (χ1v) is 23.1. The highest BCUT2D eigenvalue weighted by Crippen LogP contribution is 2.52. The van der Waals surface area contributed by atoms with E-state index in [1.54, 1.807) is 25.3 Å². The van der Waals surface area contributed by atoms with E-state index < -0.39 is 6.10 Å². The van der Waals surface area contributed by atoms with Gasteiger partial charge in [-0.1, -0.05) is 73.9 Å². The van der Waals surface area contributed by atoms with Crippen molar-refractivity contribution in [2.75, 3.05) is 33.7 Å². The van der Waals surface area contributed by atoms with Crippen molar-refractivity contribution in [2.45, 2.75) is 107 Å². The highest BCUT2D eigenvalue weighted by molar-refractivity contribution is 5.88. The van der Waals surface area contributed by atoms with Gasteiger partial charge in [0.25, 0.3) is 0 Å². The van der Waals surface area contributed by atoms with Crippen molar-refractivity contribution in [3.63, 3.8) is 0 Å². The number of benzene rings is 4. The maximum atomic E-state index is 11.5. The molecular formula is C53H63N3O7. The van der Waals surface area contributed by atoms with E-state index in [1.165, 1.54) is 22.3 Å². The smallest absolute Gasteiger partial charge is 0.161 e. The van der Waals surface area contributed by atoms with Crippen LogP contribution < -0.4 is 15.4 Å². The number of aliphatic hydroxyl groups excluding tert-OH is 1. The third-order valence-corrected chi connectivity index (χ3v) is 13.9. The normalized spacial score (nSPS) is 23.8. The molecule has 1 aliphatic carbocycles. The molecule has 0 radical (unpaired) electrons. The predicted molar refractivity (Wildman–Crippen MR) is 247 cm³/mol. The number of dihydropyridines is 1. The van der Waals surface area contributed by atoms with Gasteiger partial charge in [-0.15, -0.1) is 0 Å². The zero-order chi connectivity index (χ0) is 43.2. The van der Waals surface area contributed by atoms with Gasteiger partial charge in [-0.05, 0) is 133 Å². The van der Waals surface area contributed by atoms with Crippen LogP contribution in [0, 0.1) is 5.92 Å². The summed E-state index contributed by atoms with van der Waals surface area (Å²) in [5, 5.41) is 41.6. The van der Waals surface area contributed by atoms with Gasteiger partial charge in [0.15, 0.2) is 11.5 Å². The molecule has 332 valence electrons. The highest BCUT2D eigenvalue weighted by Gasteiger charge is 2.47. The number of ether oxygens (including phenoxy) is 4. The fraction of sp³-hybridized carbons (Fsp3) is 0.434. The number of aliphatic hydroxyl groups is 1. The molecule has 4 bridgehead atoms. The first kappa shape index (κ1) is 43.2. The number of hydrogen-bond donors (Lipinski definition) is 5. The molecule has 5 atom stereocenters. The lowest BCUT2D eigenvalue weighted by Gasteiger charge is -2.49. The molecule has 1 saturated heterocycles. The van der Waals surface area contributed by atoms with Crippen LogP contribution in [0.1, 0.15) is 91.2 Å². The number of rotatable bonds is 11. The zero-order valence-corrected chi connectivity index (χ0v) is 36.6. The molecule has 0 spiro atoms. The maximum Gasteiger partial charge on any atom is 0.161 e. The minimum atomic E-state index is -0.557. The average Bonchev–Trinajstić information content (AvgIpc) is 3.75. The topological polar surface area (TPSA) is 127 Å². The Bertz CT molecular complexity index is 2410. The molecule has 10 nitrogen and oxygen atoms in total. The highest BCUT2D eigenvalue weighted by atomic mass is 16.5. The second-order valence-corrected chi connectivity index (χ2v) is 18.1. The van der Waals surface area contributed by atoms with Crippen LogP contribution in [0.15, 0.2) is 109 Å². The van der Waals surface area contributed by atoms with Gasteiger partial charge in [0.1, 0.15) is 18.2 Å². The van der Waals surface area contributed by atoms with Crippen LogP contribution >= 0.6 is 0 Å². The number of nitrogens with one attached hydrogen (secondary N) is 2. The fourth-order valence-corrected chi connectivity index (χ4v) is 10.5. The van der Waals surface area contributed by atoms with E-state index >= 15 is 0 Å². The van der Waals surface area contributed by atoms with Crippen molar-refractivity contribution >= 4 is 16.6 Å².